The highest BCUT2D eigenvalue weighted by molar-refractivity contribution is 7.89. The van der Waals surface area contributed by atoms with Gasteiger partial charge in [-0.05, 0) is 37.5 Å². The van der Waals surface area contributed by atoms with Crippen LogP contribution >= 0.6 is 12.4 Å². The van der Waals surface area contributed by atoms with Crippen molar-refractivity contribution in [1.82, 2.24) is 4.31 Å². The average Bonchev–Trinajstić information content (AvgIpc) is 3.07. The molecule has 2 unspecified atom stereocenters. The molecule has 1 aromatic carbocycles. The lowest BCUT2D eigenvalue weighted by atomic mass is 10.1. The number of ether oxygens (including phenoxy) is 2. The lowest BCUT2D eigenvalue weighted by Crippen LogP contribution is -2.45. The zero-order valence-electron chi connectivity index (χ0n) is 13.9. The monoisotopic (exact) mass is 394 g/mol. The molecule has 2 saturated heterocycles. The number of piperidine rings is 1. The van der Waals surface area contributed by atoms with Gasteiger partial charge in [0.2, 0.25) is 10.0 Å². The summed E-state index contributed by atoms with van der Waals surface area (Å²) in [5.74, 6) is -0.352. The van der Waals surface area contributed by atoms with E-state index in [1.54, 1.807) is 0 Å². The first kappa shape index (κ1) is 20.4. The smallest absolute Gasteiger partial charge is 0.243 e. The maximum atomic E-state index is 14.2. The van der Waals surface area contributed by atoms with Gasteiger partial charge in [-0.2, -0.15) is 4.31 Å². The van der Waals surface area contributed by atoms with E-state index in [0.717, 1.165) is 18.9 Å². The van der Waals surface area contributed by atoms with Crippen molar-refractivity contribution in [2.75, 3.05) is 32.9 Å². The Kier molecular flexibility index (Phi) is 7.04. The summed E-state index contributed by atoms with van der Waals surface area (Å²) in [5.41, 5.74) is 5.84. The second-order valence-electron chi connectivity index (χ2n) is 6.40. The fraction of sp³-hybridized carbons (Fsp3) is 0.625. The Morgan fingerprint density at radius 3 is 2.80 bits per heavy atom. The summed E-state index contributed by atoms with van der Waals surface area (Å²) in [6.07, 6.45) is 2.41. The summed E-state index contributed by atoms with van der Waals surface area (Å²) in [6.45, 7) is 2.36. The minimum atomic E-state index is -3.73. The van der Waals surface area contributed by atoms with E-state index < -0.39 is 15.8 Å². The van der Waals surface area contributed by atoms with Gasteiger partial charge in [0.25, 0.3) is 0 Å². The summed E-state index contributed by atoms with van der Waals surface area (Å²) < 4.78 is 51.5. The molecule has 1 aromatic rings. The maximum absolute atomic E-state index is 14.2. The van der Waals surface area contributed by atoms with Crippen LogP contribution in [0.4, 0.5) is 4.39 Å². The molecule has 2 fully saturated rings. The van der Waals surface area contributed by atoms with Gasteiger partial charge in [0.15, 0.2) is 11.6 Å². The zero-order valence-corrected chi connectivity index (χ0v) is 15.5. The van der Waals surface area contributed by atoms with Gasteiger partial charge in [0.05, 0.1) is 18.1 Å². The number of rotatable bonds is 5. The number of sulfonamides is 1. The fourth-order valence-corrected chi connectivity index (χ4v) is 4.57. The van der Waals surface area contributed by atoms with Crippen LogP contribution in [-0.2, 0) is 14.8 Å². The molecule has 0 radical (unpaired) electrons. The molecule has 2 aliphatic heterocycles. The van der Waals surface area contributed by atoms with Gasteiger partial charge < -0.3 is 15.2 Å². The normalized spacial score (nSPS) is 24.7. The zero-order chi connectivity index (χ0) is 17.2. The number of nitrogens with two attached hydrogens (primary N) is 1. The molecule has 142 valence electrons. The molecule has 2 aliphatic rings. The molecule has 2 N–H and O–H groups in total. The third-order valence-electron chi connectivity index (χ3n) is 4.46. The van der Waals surface area contributed by atoms with Gasteiger partial charge in [-0.1, -0.05) is 0 Å². The molecule has 2 heterocycles. The van der Waals surface area contributed by atoms with Crippen LogP contribution in [0.3, 0.4) is 0 Å². The first-order valence-electron chi connectivity index (χ1n) is 8.22. The van der Waals surface area contributed by atoms with Crippen LogP contribution in [0, 0.1) is 11.7 Å². The summed E-state index contributed by atoms with van der Waals surface area (Å²) in [5, 5.41) is 0. The molecule has 25 heavy (non-hydrogen) atoms. The van der Waals surface area contributed by atoms with Crippen molar-refractivity contribution in [1.29, 1.82) is 0 Å². The van der Waals surface area contributed by atoms with Crippen molar-refractivity contribution in [3.05, 3.63) is 24.0 Å². The van der Waals surface area contributed by atoms with Crippen LogP contribution in [0.25, 0.3) is 0 Å². The Morgan fingerprint density at radius 2 is 2.16 bits per heavy atom. The second-order valence-corrected chi connectivity index (χ2v) is 8.34. The SMILES string of the molecule is Cl.NC1CCCN(S(=O)(=O)c2ccc(OCC3CCOC3)c(F)c2)C1. The highest BCUT2D eigenvalue weighted by Gasteiger charge is 2.29. The lowest BCUT2D eigenvalue weighted by Gasteiger charge is -2.29. The van der Waals surface area contributed by atoms with Crippen LogP contribution in [0.15, 0.2) is 23.1 Å². The topological polar surface area (TPSA) is 81.9 Å². The molecule has 3 rings (SSSR count). The first-order chi connectivity index (χ1) is 11.5. The standard InChI is InChI=1S/C16H23FN2O4S.ClH/c17-15-8-14(24(20,21)19-6-1-2-13(18)9-19)3-4-16(15)23-11-12-5-7-22-10-12;/h3-4,8,12-13H,1-2,5-7,9-11,18H2;1H. The van der Waals surface area contributed by atoms with Crippen LogP contribution in [0.2, 0.25) is 0 Å². The van der Waals surface area contributed by atoms with Gasteiger partial charge in [0.1, 0.15) is 0 Å². The Morgan fingerprint density at radius 1 is 1.36 bits per heavy atom. The number of halogens is 2. The summed E-state index contributed by atoms with van der Waals surface area (Å²) in [6, 6.07) is 3.62. The van der Waals surface area contributed by atoms with Crippen LogP contribution < -0.4 is 10.5 Å². The predicted octanol–water partition coefficient (Wildman–Crippen LogP) is 1.77. The summed E-state index contributed by atoms with van der Waals surface area (Å²) >= 11 is 0. The minimum absolute atomic E-state index is 0. The Bertz CT molecular complexity index is 683. The van der Waals surface area contributed by atoms with Gasteiger partial charge >= 0.3 is 0 Å². The van der Waals surface area contributed by atoms with Gasteiger partial charge in [-0.25, -0.2) is 12.8 Å². The molecule has 0 aliphatic carbocycles. The molecular weight excluding hydrogens is 371 g/mol. The molecule has 9 heteroatoms. The third-order valence-corrected chi connectivity index (χ3v) is 6.32. The van der Waals surface area contributed by atoms with Crippen molar-refractivity contribution in [3.63, 3.8) is 0 Å². The number of nitrogens with zero attached hydrogens (tertiary/aromatic N) is 1. The molecule has 0 saturated carbocycles. The number of hydrogen-bond acceptors (Lipinski definition) is 5. The maximum Gasteiger partial charge on any atom is 0.243 e. The number of benzene rings is 1. The molecule has 0 bridgehead atoms. The van der Waals surface area contributed by atoms with E-state index in [0.29, 0.717) is 32.8 Å². The summed E-state index contributed by atoms with van der Waals surface area (Å²) in [4.78, 5) is -0.0642. The largest absolute Gasteiger partial charge is 0.490 e. The highest BCUT2D eigenvalue weighted by atomic mass is 35.5. The third kappa shape index (κ3) is 4.83. The average molecular weight is 395 g/mol. The van der Waals surface area contributed by atoms with Crippen LogP contribution in [-0.4, -0.2) is 51.7 Å². The van der Waals surface area contributed by atoms with Crippen molar-refractivity contribution in [3.8, 4) is 5.75 Å². The van der Waals surface area contributed by atoms with Crippen molar-refractivity contribution >= 4 is 22.4 Å². The second kappa shape index (κ2) is 8.64. The minimum Gasteiger partial charge on any atom is -0.490 e. The Balaban J connectivity index is 0.00000225. The molecule has 0 spiro atoms. The van der Waals surface area contributed by atoms with Crippen LogP contribution in [0.1, 0.15) is 19.3 Å². The fourth-order valence-electron chi connectivity index (χ4n) is 3.02. The van der Waals surface area contributed by atoms with Crippen molar-refractivity contribution < 1.29 is 22.3 Å². The predicted molar refractivity (Wildman–Crippen MR) is 94.0 cm³/mol. The molecule has 0 aromatic heterocycles. The van der Waals surface area contributed by atoms with Gasteiger partial charge in [-0.15, -0.1) is 12.4 Å². The van der Waals surface area contributed by atoms with Gasteiger partial charge in [-0.3, -0.25) is 0 Å². The van der Waals surface area contributed by atoms with Crippen molar-refractivity contribution in [2.45, 2.75) is 30.2 Å². The van der Waals surface area contributed by atoms with E-state index >= 15 is 0 Å². The molecule has 2 atom stereocenters. The lowest BCUT2D eigenvalue weighted by molar-refractivity contribution is 0.165. The quantitative estimate of drug-likeness (QED) is 0.823. The van der Waals surface area contributed by atoms with Crippen molar-refractivity contribution in [2.24, 2.45) is 11.7 Å². The molecule has 6 nitrogen and oxygen atoms in total. The van der Waals surface area contributed by atoms with E-state index in [4.69, 9.17) is 15.2 Å². The van der Waals surface area contributed by atoms with E-state index in [-0.39, 0.29) is 41.6 Å². The molecular formula is C16H24ClFN2O4S. The highest BCUT2D eigenvalue weighted by Crippen LogP contribution is 2.26. The first-order valence-corrected chi connectivity index (χ1v) is 9.66. The van der Waals surface area contributed by atoms with E-state index in [1.165, 1.54) is 16.4 Å². The Hall–Kier alpha value is -0.930. The Labute approximate surface area is 153 Å². The summed E-state index contributed by atoms with van der Waals surface area (Å²) in [7, 11) is -3.73. The molecule has 0 amide bonds. The van der Waals surface area contributed by atoms with E-state index in [1.807, 2.05) is 0 Å². The van der Waals surface area contributed by atoms with Crippen LogP contribution in [0.5, 0.6) is 5.75 Å². The van der Waals surface area contributed by atoms with Gasteiger partial charge in [0, 0.05) is 31.7 Å². The number of hydrogen-bond donors (Lipinski definition) is 1. The van der Waals surface area contributed by atoms with E-state index in [2.05, 4.69) is 0 Å². The van der Waals surface area contributed by atoms with E-state index in [9.17, 15) is 12.8 Å².